The number of ether oxygens (including phenoxy) is 1. The van der Waals surface area contributed by atoms with E-state index in [1.165, 1.54) is 24.3 Å². The Kier molecular flexibility index (Phi) is 5.14. The molecule has 1 aromatic rings. The quantitative estimate of drug-likeness (QED) is 0.769. The molecule has 114 valence electrons. The fourth-order valence-corrected chi connectivity index (χ4v) is 2.24. The number of hydrogen-bond donors (Lipinski definition) is 0. The minimum absolute atomic E-state index is 0.0904. The van der Waals surface area contributed by atoms with E-state index in [0.29, 0.717) is 38.3 Å². The number of nitrogens with zero attached hydrogens (tertiary/aromatic N) is 2. The van der Waals surface area contributed by atoms with Gasteiger partial charge < -0.3 is 14.5 Å². The largest absolute Gasteiger partial charge is 0.481 e. The van der Waals surface area contributed by atoms with Gasteiger partial charge in [0, 0.05) is 26.2 Å². The van der Waals surface area contributed by atoms with E-state index in [-0.39, 0.29) is 11.7 Å². The van der Waals surface area contributed by atoms with E-state index in [0.717, 1.165) is 6.41 Å². The fourth-order valence-electron chi connectivity index (χ4n) is 2.24. The highest BCUT2D eigenvalue weighted by molar-refractivity contribution is 5.81. The minimum atomic E-state index is -0.585. The molecule has 0 radical (unpaired) electrons. The van der Waals surface area contributed by atoms with Gasteiger partial charge in [0.15, 0.2) is 6.10 Å². The Morgan fingerprint density at radius 2 is 1.90 bits per heavy atom. The predicted molar refractivity (Wildman–Crippen MR) is 75.3 cm³/mol. The first kappa shape index (κ1) is 15.3. The SMILES string of the molecule is CC[C@@H](Oc1ccc(F)cc1)C(=O)N1CCN(C=O)CC1. The summed E-state index contributed by atoms with van der Waals surface area (Å²) in [7, 11) is 0. The van der Waals surface area contributed by atoms with Crippen molar-refractivity contribution in [2.45, 2.75) is 19.4 Å². The zero-order valence-corrected chi connectivity index (χ0v) is 12.0. The maximum atomic E-state index is 12.9. The molecule has 1 aromatic carbocycles. The lowest BCUT2D eigenvalue weighted by atomic mass is 10.2. The van der Waals surface area contributed by atoms with Gasteiger partial charge in [0.05, 0.1) is 0 Å². The zero-order valence-electron chi connectivity index (χ0n) is 12.0. The van der Waals surface area contributed by atoms with Crippen LogP contribution in [-0.2, 0) is 9.59 Å². The summed E-state index contributed by atoms with van der Waals surface area (Å²) in [6.07, 6.45) is 0.747. The number of carbonyl (C=O) groups is 2. The van der Waals surface area contributed by atoms with Crippen molar-refractivity contribution in [1.29, 1.82) is 0 Å². The van der Waals surface area contributed by atoms with Crippen molar-refractivity contribution in [3.8, 4) is 5.75 Å². The number of carbonyl (C=O) groups excluding carboxylic acids is 2. The second kappa shape index (κ2) is 7.06. The summed E-state index contributed by atoms with van der Waals surface area (Å²) in [6, 6.07) is 5.62. The zero-order chi connectivity index (χ0) is 15.2. The number of piperazine rings is 1. The Morgan fingerprint density at radius 1 is 1.29 bits per heavy atom. The molecule has 2 amide bonds. The van der Waals surface area contributed by atoms with E-state index < -0.39 is 6.10 Å². The number of rotatable bonds is 5. The average Bonchev–Trinajstić information content (AvgIpc) is 2.54. The van der Waals surface area contributed by atoms with Crippen molar-refractivity contribution in [3.63, 3.8) is 0 Å². The van der Waals surface area contributed by atoms with Crippen LogP contribution in [0, 0.1) is 5.82 Å². The summed E-state index contributed by atoms with van der Waals surface area (Å²) in [5.74, 6) is 0.0437. The molecule has 1 aliphatic heterocycles. The summed E-state index contributed by atoms with van der Waals surface area (Å²) in [5, 5.41) is 0. The molecule has 0 unspecified atom stereocenters. The lowest BCUT2D eigenvalue weighted by Crippen LogP contribution is -2.51. The summed E-state index contributed by atoms with van der Waals surface area (Å²) in [6.45, 7) is 3.99. The Bertz CT molecular complexity index is 484. The van der Waals surface area contributed by atoms with Crippen molar-refractivity contribution in [2.24, 2.45) is 0 Å². The molecular formula is C15H19FN2O3. The van der Waals surface area contributed by atoms with Gasteiger partial charge in [0.25, 0.3) is 5.91 Å². The number of benzene rings is 1. The monoisotopic (exact) mass is 294 g/mol. The van der Waals surface area contributed by atoms with E-state index in [1.54, 1.807) is 9.80 Å². The molecule has 0 saturated carbocycles. The third-order valence-corrected chi connectivity index (χ3v) is 3.51. The van der Waals surface area contributed by atoms with E-state index >= 15 is 0 Å². The second-order valence-electron chi connectivity index (χ2n) is 4.94. The molecule has 5 nitrogen and oxygen atoms in total. The van der Waals surface area contributed by atoms with Crippen LogP contribution in [0.5, 0.6) is 5.75 Å². The van der Waals surface area contributed by atoms with E-state index in [1.807, 2.05) is 6.92 Å². The molecular weight excluding hydrogens is 275 g/mol. The first-order valence-corrected chi connectivity index (χ1v) is 7.04. The first-order valence-electron chi connectivity index (χ1n) is 7.04. The summed E-state index contributed by atoms with van der Waals surface area (Å²) >= 11 is 0. The van der Waals surface area contributed by atoms with Crippen molar-refractivity contribution in [1.82, 2.24) is 9.80 Å². The van der Waals surface area contributed by atoms with Crippen LogP contribution < -0.4 is 4.74 Å². The van der Waals surface area contributed by atoms with Crippen LogP contribution in [0.3, 0.4) is 0 Å². The Labute approximate surface area is 123 Å². The molecule has 0 spiro atoms. The number of halogens is 1. The van der Waals surface area contributed by atoms with Crippen LogP contribution in [0.15, 0.2) is 24.3 Å². The minimum Gasteiger partial charge on any atom is -0.481 e. The molecule has 1 fully saturated rings. The maximum Gasteiger partial charge on any atom is 0.263 e. The molecule has 21 heavy (non-hydrogen) atoms. The molecule has 0 aromatic heterocycles. The predicted octanol–water partition coefficient (Wildman–Crippen LogP) is 1.28. The highest BCUT2D eigenvalue weighted by Gasteiger charge is 2.27. The topological polar surface area (TPSA) is 49.9 Å². The smallest absolute Gasteiger partial charge is 0.263 e. The molecule has 0 N–H and O–H groups in total. The van der Waals surface area contributed by atoms with Crippen LogP contribution in [0.25, 0.3) is 0 Å². The molecule has 1 atom stereocenters. The second-order valence-corrected chi connectivity index (χ2v) is 4.94. The van der Waals surface area contributed by atoms with Crippen LogP contribution >= 0.6 is 0 Å². The molecule has 0 bridgehead atoms. The summed E-state index contributed by atoms with van der Waals surface area (Å²) < 4.78 is 18.5. The van der Waals surface area contributed by atoms with Gasteiger partial charge >= 0.3 is 0 Å². The van der Waals surface area contributed by atoms with Crippen molar-refractivity contribution >= 4 is 12.3 Å². The van der Waals surface area contributed by atoms with Crippen LogP contribution in [0.2, 0.25) is 0 Å². The maximum absolute atomic E-state index is 12.9. The average molecular weight is 294 g/mol. The van der Waals surface area contributed by atoms with Gasteiger partial charge in [-0.05, 0) is 30.7 Å². The molecule has 0 aliphatic carbocycles. The Balaban J connectivity index is 1.95. The fraction of sp³-hybridized carbons (Fsp3) is 0.467. The molecule has 1 aliphatic rings. The van der Waals surface area contributed by atoms with Crippen LogP contribution in [-0.4, -0.2) is 54.4 Å². The van der Waals surface area contributed by atoms with Gasteiger partial charge in [-0.25, -0.2) is 4.39 Å². The Hall–Kier alpha value is -2.11. The molecule has 2 rings (SSSR count). The van der Waals surface area contributed by atoms with E-state index in [4.69, 9.17) is 4.74 Å². The van der Waals surface area contributed by atoms with Crippen LogP contribution in [0.1, 0.15) is 13.3 Å². The van der Waals surface area contributed by atoms with Gasteiger partial charge in [-0.3, -0.25) is 9.59 Å². The van der Waals surface area contributed by atoms with Crippen molar-refractivity contribution in [2.75, 3.05) is 26.2 Å². The van der Waals surface area contributed by atoms with Gasteiger partial charge in [-0.2, -0.15) is 0 Å². The normalized spacial score (nSPS) is 16.5. The first-order chi connectivity index (χ1) is 10.1. The summed E-state index contributed by atoms with van der Waals surface area (Å²) in [4.78, 5) is 26.4. The van der Waals surface area contributed by atoms with Gasteiger partial charge in [0.2, 0.25) is 6.41 Å². The molecule has 6 heteroatoms. The highest BCUT2D eigenvalue weighted by Crippen LogP contribution is 2.16. The van der Waals surface area contributed by atoms with Gasteiger partial charge in [0.1, 0.15) is 11.6 Å². The standard InChI is InChI=1S/C15H19FN2O3/c1-2-14(21-13-5-3-12(16)4-6-13)15(20)18-9-7-17(11-19)8-10-18/h3-6,11,14H,2,7-10H2,1H3/t14-/m1/s1. The van der Waals surface area contributed by atoms with Crippen molar-refractivity contribution in [3.05, 3.63) is 30.1 Å². The highest BCUT2D eigenvalue weighted by atomic mass is 19.1. The van der Waals surface area contributed by atoms with Gasteiger partial charge in [-0.1, -0.05) is 6.92 Å². The third-order valence-electron chi connectivity index (χ3n) is 3.51. The van der Waals surface area contributed by atoms with Crippen molar-refractivity contribution < 1.29 is 18.7 Å². The molecule has 1 heterocycles. The third kappa shape index (κ3) is 3.93. The van der Waals surface area contributed by atoms with E-state index in [9.17, 15) is 14.0 Å². The Morgan fingerprint density at radius 3 is 2.43 bits per heavy atom. The summed E-state index contributed by atoms with van der Waals surface area (Å²) in [5.41, 5.74) is 0. The number of hydrogen-bond acceptors (Lipinski definition) is 3. The number of amides is 2. The van der Waals surface area contributed by atoms with Gasteiger partial charge in [-0.15, -0.1) is 0 Å². The molecule has 1 saturated heterocycles. The van der Waals surface area contributed by atoms with Crippen LogP contribution in [0.4, 0.5) is 4.39 Å². The van der Waals surface area contributed by atoms with E-state index in [2.05, 4.69) is 0 Å². The lowest BCUT2D eigenvalue weighted by Gasteiger charge is -2.34. The lowest BCUT2D eigenvalue weighted by molar-refractivity contribution is -0.142.